The Balaban J connectivity index is 2.13. The van der Waals surface area contributed by atoms with Crippen molar-refractivity contribution >= 4 is 39.8 Å². The first-order valence-electron chi connectivity index (χ1n) is 8.61. The molecule has 0 fully saturated rings. The first kappa shape index (κ1) is 19.9. The van der Waals surface area contributed by atoms with Crippen molar-refractivity contribution in [1.29, 1.82) is 0 Å². The minimum Gasteiger partial charge on any atom is -0.493 e. The van der Waals surface area contributed by atoms with Crippen molar-refractivity contribution < 1.29 is 28.9 Å². The first-order valence-corrected chi connectivity index (χ1v) is 8.61. The number of carbonyl (C=O) groups excluding carboxylic acids is 1. The molecule has 0 aliphatic rings. The number of aromatic amines is 1. The maximum atomic E-state index is 11.5. The van der Waals surface area contributed by atoms with Crippen LogP contribution in [0, 0.1) is 0 Å². The van der Waals surface area contributed by atoms with Gasteiger partial charge in [0.1, 0.15) is 5.69 Å². The van der Waals surface area contributed by atoms with Crippen LogP contribution in [0.25, 0.3) is 10.9 Å². The predicted molar refractivity (Wildman–Crippen MR) is 109 cm³/mol. The van der Waals surface area contributed by atoms with E-state index < -0.39 is 5.97 Å². The average molecular weight is 399 g/mol. The van der Waals surface area contributed by atoms with Crippen LogP contribution < -0.4 is 24.8 Å². The average Bonchev–Trinajstić information content (AvgIpc) is 3.11. The molecule has 2 aromatic carbocycles. The molecule has 0 aliphatic heterocycles. The maximum Gasteiger partial charge on any atom is 0.352 e. The summed E-state index contributed by atoms with van der Waals surface area (Å²) >= 11 is 0. The summed E-state index contributed by atoms with van der Waals surface area (Å²) in [5.74, 6) is 0.0504. The minimum atomic E-state index is -1.08. The molecule has 152 valence electrons. The Kier molecular flexibility index (Phi) is 5.49. The topological polar surface area (TPSA) is 122 Å². The number of ether oxygens (including phenoxy) is 3. The van der Waals surface area contributed by atoms with Crippen molar-refractivity contribution in [3.8, 4) is 17.2 Å². The molecule has 4 N–H and O–H groups in total. The fraction of sp³-hybridized carbons (Fsp3) is 0.200. The normalized spacial score (nSPS) is 10.5. The molecule has 29 heavy (non-hydrogen) atoms. The fourth-order valence-corrected chi connectivity index (χ4v) is 3.04. The lowest BCUT2D eigenvalue weighted by Crippen LogP contribution is -2.06. The molecule has 0 saturated heterocycles. The van der Waals surface area contributed by atoms with Crippen LogP contribution >= 0.6 is 0 Å². The van der Waals surface area contributed by atoms with E-state index in [4.69, 9.17) is 14.2 Å². The highest BCUT2D eigenvalue weighted by atomic mass is 16.5. The second kappa shape index (κ2) is 8.01. The van der Waals surface area contributed by atoms with Gasteiger partial charge < -0.3 is 34.9 Å². The lowest BCUT2D eigenvalue weighted by Gasteiger charge is -2.16. The molecule has 1 amide bonds. The largest absolute Gasteiger partial charge is 0.493 e. The molecule has 0 aliphatic carbocycles. The molecule has 0 saturated carbocycles. The van der Waals surface area contributed by atoms with Gasteiger partial charge in [-0.3, -0.25) is 4.79 Å². The molecule has 3 aromatic rings. The van der Waals surface area contributed by atoms with E-state index in [1.165, 1.54) is 34.3 Å². The highest BCUT2D eigenvalue weighted by Crippen LogP contribution is 2.41. The van der Waals surface area contributed by atoms with Gasteiger partial charge in [0.05, 0.1) is 32.5 Å². The summed E-state index contributed by atoms with van der Waals surface area (Å²) < 4.78 is 16.1. The predicted octanol–water partition coefficient (Wildman–Crippen LogP) is 3.59. The second-order valence-corrected chi connectivity index (χ2v) is 6.19. The van der Waals surface area contributed by atoms with E-state index in [1.54, 1.807) is 24.3 Å². The first-order chi connectivity index (χ1) is 13.9. The number of aromatic carboxylic acids is 1. The molecule has 0 atom stereocenters. The second-order valence-electron chi connectivity index (χ2n) is 6.19. The number of carbonyl (C=O) groups is 2. The van der Waals surface area contributed by atoms with Crippen molar-refractivity contribution in [2.45, 2.75) is 6.92 Å². The maximum absolute atomic E-state index is 11.5. The van der Waals surface area contributed by atoms with E-state index in [9.17, 15) is 14.7 Å². The molecular formula is C20H21N3O6. The summed E-state index contributed by atoms with van der Waals surface area (Å²) in [4.78, 5) is 25.7. The van der Waals surface area contributed by atoms with Crippen LogP contribution in [-0.4, -0.2) is 43.3 Å². The molecule has 0 spiro atoms. The fourth-order valence-electron chi connectivity index (χ4n) is 3.04. The van der Waals surface area contributed by atoms with Gasteiger partial charge in [0.15, 0.2) is 11.5 Å². The summed E-state index contributed by atoms with van der Waals surface area (Å²) in [5.41, 5.74) is 2.32. The number of carboxylic acids is 1. The SMILES string of the molecule is COc1cc(Nc2cc(NC(C)=O)cc3[nH]c(C(=O)O)cc23)cc(OC)c1OC. The number of aromatic nitrogens is 1. The third-order valence-corrected chi connectivity index (χ3v) is 4.23. The lowest BCUT2D eigenvalue weighted by molar-refractivity contribution is -0.114. The van der Waals surface area contributed by atoms with Gasteiger partial charge in [0.2, 0.25) is 11.7 Å². The Labute approximate surface area is 166 Å². The molecule has 0 bridgehead atoms. The number of hydrogen-bond donors (Lipinski definition) is 4. The quantitative estimate of drug-likeness (QED) is 0.479. The molecule has 9 nitrogen and oxygen atoms in total. The van der Waals surface area contributed by atoms with E-state index in [1.807, 2.05) is 0 Å². The minimum absolute atomic E-state index is 0.0351. The molecule has 0 radical (unpaired) electrons. The molecular weight excluding hydrogens is 378 g/mol. The van der Waals surface area contributed by atoms with Crippen molar-refractivity contribution in [2.24, 2.45) is 0 Å². The van der Waals surface area contributed by atoms with Crippen molar-refractivity contribution in [2.75, 3.05) is 32.0 Å². The highest BCUT2D eigenvalue weighted by Gasteiger charge is 2.16. The summed E-state index contributed by atoms with van der Waals surface area (Å²) in [6.45, 7) is 1.40. The number of amides is 1. The summed E-state index contributed by atoms with van der Waals surface area (Å²) in [5, 5.41) is 15.9. The number of nitrogens with one attached hydrogen (secondary N) is 3. The molecule has 1 heterocycles. The van der Waals surface area contributed by atoms with Crippen LogP contribution in [0.5, 0.6) is 17.2 Å². The van der Waals surface area contributed by atoms with Crippen LogP contribution in [0.15, 0.2) is 30.3 Å². The number of H-pyrrole nitrogens is 1. The number of hydrogen-bond acceptors (Lipinski definition) is 6. The van der Waals surface area contributed by atoms with Gasteiger partial charge in [-0.05, 0) is 18.2 Å². The van der Waals surface area contributed by atoms with E-state index in [-0.39, 0.29) is 11.6 Å². The monoisotopic (exact) mass is 399 g/mol. The molecule has 1 aromatic heterocycles. The lowest BCUT2D eigenvalue weighted by atomic mass is 10.1. The van der Waals surface area contributed by atoms with Gasteiger partial charge in [0.25, 0.3) is 0 Å². The Morgan fingerprint density at radius 1 is 0.931 bits per heavy atom. The number of fused-ring (bicyclic) bond motifs is 1. The highest BCUT2D eigenvalue weighted by molar-refractivity contribution is 6.03. The zero-order valence-electron chi connectivity index (χ0n) is 16.4. The van der Waals surface area contributed by atoms with E-state index >= 15 is 0 Å². The summed E-state index contributed by atoms with van der Waals surface area (Å²) in [6.07, 6.45) is 0. The van der Waals surface area contributed by atoms with Gasteiger partial charge in [-0.25, -0.2) is 4.79 Å². The number of carboxylic acid groups (broad SMARTS) is 1. The Bertz CT molecular complexity index is 1060. The smallest absolute Gasteiger partial charge is 0.352 e. The van der Waals surface area contributed by atoms with Crippen LogP contribution in [0.4, 0.5) is 17.1 Å². The van der Waals surface area contributed by atoms with Crippen LogP contribution in [0.1, 0.15) is 17.4 Å². The number of benzene rings is 2. The van der Waals surface area contributed by atoms with Crippen molar-refractivity contribution in [3.05, 3.63) is 36.0 Å². The van der Waals surface area contributed by atoms with Crippen LogP contribution in [0.3, 0.4) is 0 Å². The van der Waals surface area contributed by atoms with Crippen molar-refractivity contribution in [1.82, 2.24) is 4.98 Å². The number of methoxy groups -OCH3 is 3. The van der Waals surface area contributed by atoms with Crippen molar-refractivity contribution in [3.63, 3.8) is 0 Å². The Hall–Kier alpha value is -3.88. The van der Waals surface area contributed by atoms with E-state index in [0.717, 1.165) is 0 Å². The van der Waals surface area contributed by atoms with Gasteiger partial charge in [-0.2, -0.15) is 0 Å². The van der Waals surface area contributed by atoms with Gasteiger partial charge >= 0.3 is 5.97 Å². The van der Waals surface area contributed by atoms with Gasteiger partial charge in [0, 0.05) is 35.8 Å². The van der Waals surface area contributed by atoms with E-state index in [2.05, 4.69) is 15.6 Å². The summed E-state index contributed by atoms with van der Waals surface area (Å²) in [7, 11) is 4.55. The van der Waals surface area contributed by atoms with Gasteiger partial charge in [-0.1, -0.05) is 0 Å². The number of rotatable bonds is 7. The molecule has 9 heteroatoms. The Morgan fingerprint density at radius 3 is 2.10 bits per heavy atom. The Morgan fingerprint density at radius 2 is 1.59 bits per heavy atom. The summed E-state index contributed by atoms with van der Waals surface area (Å²) in [6, 6.07) is 8.36. The molecule has 3 rings (SSSR count). The van der Waals surface area contributed by atoms with Crippen LogP contribution in [-0.2, 0) is 4.79 Å². The molecule has 0 unspecified atom stereocenters. The van der Waals surface area contributed by atoms with Gasteiger partial charge in [-0.15, -0.1) is 0 Å². The van der Waals surface area contributed by atoms with Crippen LogP contribution in [0.2, 0.25) is 0 Å². The standard InChI is InChI=1S/C20H21N3O6/c1-10(24)21-11-5-14(13-9-16(20(25)26)23-15(13)6-11)22-12-7-17(27-2)19(29-4)18(8-12)28-3/h5-9,22-23H,1-4H3,(H,21,24)(H,25,26). The zero-order chi connectivity index (χ0) is 21.1. The third kappa shape index (κ3) is 4.03. The van der Waals surface area contributed by atoms with E-state index in [0.29, 0.717) is 45.2 Å². The zero-order valence-corrected chi connectivity index (χ0v) is 16.4. The third-order valence-electron chi connectivity index (χ3n) is 4.23. The number of anilines is 3.